The number of carboxylic acid groups (broad SMARTS) is 1. The quantitative estimate of drug-likeness (QED) is 0.206. The molecule has 0 unspecified atom stereocenters. The molecule has 12 heteroatoms. The van der Waals surface area contributed by atoms with E-state index in [1.165, 1.54) is 47.7 Å². The normalized spacial score (nSPS) is 13.3. The number of ether oxygens (including phenoxy) is 1. The van der Waals surface area contributed by atoms with E-state index >= 15 is 0 Å². The SMILES string of the molecule is CN(Cc1cccc(C(=O)O)c1)c1ccc(OCc2c(-c3c(Cl)cccc3Cl)nsc2C2CC2)nc1C(F)(F)F. The number of alkyl halides is 3. The second-order valence-electron chi connectivity index (χ2n) is 9.41. The van der Waals surface area contributed by atoms with Crippen LogP contribution in [0.4, 0.5) is 18.9 Å². The maximum atomic E-state index is 14.1. The van der Waals surface area contributed by atoms with Crippen LogP contribution in [0.1, 0.15) is 50.8 Å². The van der Waals surface area contributed by atoms with Gasteiger partial charge in [0.25, 0.3) is 0 Å². The number of anilines is 1. The number of benzene rings is 2. The van der Waals surface area contributed by atoms with E-state index in [1.54, 1.807) is 30.3 Å². The largest absolute Gasteiger partial charge is 0.478 e. The van der Waals surface area contributed by atoms with Gasteiger partial charge in [-0.2, -0.15) is 17.5 Å². The fraction of sp³-hybridized carbons (Fsp3) is 0.250. The first-order valence-corrected chi connectivity index (χ1v) is 13.7. The summed E-state index contributed by atoms with van der Waals surface area (Å²) < 4.78 is 52.7. The van der Waals surface area contributed by atoms with Crippen LogP contribution >= 0.6 is 34.7 Å². The molecule has 1 aliphatic rings. The molecule has 1 N–H and O–H groups in total. The van der Waals surface area contributed by atoms with Gasteiger partial charge in [-0.3, -0.25) is 0 Å². The zero-order valence-corrected chi connectivity index (χ0v) is 23.3. The minimum atomic E-state index is -4.76. The van der Waals surface area contributed by atoms with Gasteiger partial charge in [0.15, 0.2) is 5.69 Å². The topological polar surface area (TPSA) is 75.6 Å². The lowest BCUT2D eigenvalue weighted by Crippen LogP contribution is -2.22. The lowest BCUT2D eigenvalue weighted by Gasteiger charge is -2.23. The highest BCUT2D eigenvalue weighted by Crippen LogP contribution is 2.48. The highest BCUT2D eigenvalue weighted by atomic mass is 35.5. The molecule has 0 saturated heterocycles. The van der Waals surface area contributed by atoms with E-state index in [2.05, 4.69) is 9.36 Å². The summed E-state index contributed by atoms with van der Waals surface area (Å²) in [6.45, 7) is -0.0138. The van der Waals surface area contributed by atoms with Gasteiger partial charge in [0.1, 0.15) is 6.61 Å². The molecule has 0 atom stereocenters. The summed E-state index contributed by atoms with van der Waals surface area (Å²) in [7, 11) is 1.48. The van der Waals surface area contributed by atoms with E-state index in [-0.39, 0.29) is 30.3 Å². The van der Waals surface area contributed by atoms with Gasteiger partial charge in [0, 0.05) is 35.7 Å². The second-order valence-corrected chi connectivity index (χ2v) is 11.0. The predicted octanol–water partition coefficient (Wildman–Crippen LogP) is 8.32. The molecule has 40 heavy (non-hydrogen) atoms. The van der Waals surface area contributed by atoms with Crippen LogP contribution in [0.2, 0.25) is 10.0 Å². The van der Waals surface area contributed by atoms with Gasteiger partial charge in [-0.1, -0.05) is 41.4 Å². The Labute approximate surface area is 242 Å². The van der Waals surface area contributed by atoms with Crippen molar-refractivity contribution < 1.29 is 27.8 Å². The van der Waals surface area contributed by atoms with Gasteiger partial charge in [-0.05, 0) is 66.2 Å². The number of aromatic nitrogens is 2. The van der Waals surface area contributed by atoms with E-state index in [1.807, 2.05) is 0 Å². The van der Waals surface area contributed by atoms with E-state index in [4.69, 9.17) is 27.9 Å². The first kappa shape index (κ1) is 28.2. The summed E-state index contributed by atoms with van der Waals surface area (Å²) in [5.41, 5.74) is 1.16. The molecular weight excluding hydrogens is 586 g/mol. The zero-order chi connectivity index (χ0) is 28.6. The van der Waals surface area contributed by atoms with Gasteiger partial charge >= 0.3 is 12.1 Å². The highest BCUT2D eigenvalue weighted by molar-refractivity contribution is 7.06. The maximum absolute atomic E-state index is 14.1. The molecule has 6 nitrogen and oxygen atoms in total. The Morgan fingerprint density at radius 1 is 1.12 bits per heavy atom. The summed E-state index contributed by atoms with van der Waals surface area (Å²) in [6, 6.07) is 13.8. The molecule has 2 aromatic heterocycles. The average Bonchev–Trinajstić information content (AvgIpc) is 3.67. The van der Waals surface area contributed by atoms with E-state index in [0.717, 1.165) is 23.3 Å². The second kappa shape index (κ2) is 11.3. The van der Waals surface area contributed by atoms with Gasteiger partial charge in [0.05, 0.1) is 27.0 Å². The smallest absolute Gasteiger partial charge is 0.435 e. The summed E-state index contributed by atoms with van der Waals surface area (Å²) in [5, 5.41) is 10.1. The van der Waals surface area contributed by atoms with Crippen LogP contribution in [0.5, 0.6) is 5.88 Å². The molecule has 0 aliphatic heterocycles. The molecule has 208 valence electrons. The van der Waals surface area contributed by atoms with Crippen LogP contribution < -0.4 is 9.64 Å². The van der Waals surface area contributed by atoms with Crippen molar-refractivity contribution in [3.63, 3.8) is 0 Å². The molecule has 5 rings (SSSR count). The van der Waals surface area contributed by atoms with Crippen LogP contribution in [-0.4, -0.2) is 27.5 Å². The van der Waals surface area contributed by atoms with Crippen LogP contribution in [-0.2, 0) is 19.3 Å². The lowest BCUT2D eigenvalue weighted by atomic mass is 10.0. The molecule has 0 bridgehead atoms. The molecular formula is C28H22Cl2F3N3O3S. The molecule has 0 radical (unpaired) electrons. The molecule has 1 aliphatic carbocycles. The Hall–Kier alpha value is -3.34. The van der Waals surface area contributed by atoms with Crippen molar-refractivity contribution in [3.8, 4) is 17.1 Å². The summed E-state index contributed by atoms with van der Waals surface area (Å²) in [6.07, 6.45) is -2.76. The Balaban J connectivity index is 1.42. The third-order valence-corrected chi connectivity index (χ3v) is 8.13. The monoisotopic (exact) mass is 607 g/mol. The average molecular weight is 608 g/mol. The fourth-order valence-electron chi connectivity index (χ4n) is 4.39. The molecule has 0 spiro atoms. The summed E-state index contributed by atoms with van der Waals surface area (Å²) >= 11 is 14.2. The van der Waals surface area contributed by atoms with Gasteiger partial charge in [-0.15, -0.1) is 0 Å². The summed E-state index contributed by atoms with van der Waals surface area (Å²) in [5.74, 6) is -0.990. The van der Waals surface area contributed by atoms with Crippen molar-refractivity contribution in [2.45, 2.75) is 38.1 Å². The van der Waals surface area contributed by atoms with Gasteiger partial charge in [0.2, 0.25) is 5.88 Å². The van der Waals surface area contributed by atoms with E-state index < -0.39 is 17.8 Å². The molecule has 4 aromatic rings. The van der Waals surface area contributed by atoms with Crippen molar-refractivity contribution >= 4 is 46.4 Å². The number of nitrogens with zero attached hydrogens (tertiary/aromatic N) is 3. The number of rotatable bonds is 9. The van der Waals surface area contributed by atoms with Crippen molar-refractivity contribution in [2.75, 3.05) is 11.9 Å². The van der Waals surface area contributed by atoms with Crippen LogP contribution in [0, 0.1) is 0 Å². The molecule has 2 aromatic carbocycles. The van der Waals surface area contributed by atoms with Crippen LogP contribution in [0.25, 0.3) is 11.3 Å². The number of halogens is 5. The lowest BCUT2D eigenvalue weighted by molar-refractivity contribution is -0.140. The number of hydrogen-bond donors (Lipinski definition) is 1. The number of carbonyl (C=O) groups is 1. The maximum Gasteiger partial charge on any atom is 0.435 e. The van der Waals surface area contributed by atoms with Crippen molar-refractivity contribution in [3.05, 3.63) is 91.9 Å². The number of aromatic carboxylic acids is 1. The summed E-state index contributed by atoms with van der Waals surface area (Å²) in [4.78, 5) is 17.5. The minimum Gasteiger partial charge on any atom is -0.478 e. The van der Waals surface area contributed by atoms with E-state index in [0.29, 0.717) is 32.8 Å². The van der Waals surface area contributed by atoms with Gasteiger partial charge in [-0.25, -0.2) is 9.78 Å². The minimum absolute atomic E-state index is 0.0410. The Morgan fingerprint density at radius 3 is 2.48 bits per heavy atom. The Kier molecular flexibility index (Phi) is 7.94. The molecule has 0 amide bonds. The Bertz CT molecular complexity index is 1550. The predicted molar refractivity (Wildman–Crippen MR) is 149 cm³/mol. The highest BCUT2D eigenvalue weighted by Gasteiger charge is 2.37. The van der Waals surface area contributed by atoms with Crippen molar-refractivity contribution in [1.82, 2.24) is 9.36 Å². The first-order valence-electron chi connectivity index (χ1n) is 12.2. The molecule has 1 saturated carbocycles. The van der Waals surface area contributed by atoms with Gasteiger partial charge < -0.3 is 14.7 Å². The molecule has 2 heterocycles. The van der Waals surface area contributed by atoms with Crippen LogP contribution in [0.15, 0.2) is 54.6 Å². The zero-order valence-electron chi connectivity index (χ0n) is 21.0. The van der Waals surface area contributed by atoms with E-state index in [9.17, 15) is 23.1 Å². The van der Waals surface area contributed by atoms with Crippen molar-refractivity contribution in [1.29, 1.82) is 0 Å². The molecule has 1 fully saturated rings. The standard InChI is InChI=1S/C28H22Cl2F3N3O3S/c1-36(13-15-4-2-5-17(12-15)27(37)38)21-10-11-22(34-26(21)28(31,32)33)39-14-18-24(35-40-25(18)16-8-9-16)23-19(29)6-3-7-20(23)30/h2-7,10-12,16H,8-9,13-14H2,1H3,(H,37,38). The number of carboxylic acids is 1. The third kappa shape index (κ3) is 6.04. The number of pyridine rings is 1. The van der Waals surface area contributed by atoms with Crippen molar-refractivity contribution in [2.24, 2.45) is 0 Å². The fourth-order valence-corrected chi connectivity index (χ4v) is 6.01. The third-order valence-electron chi connectivity index (χ3n) is 6.45. The Morgan fingerprint density at radius 2 is 1.82 bits per heavy atom. The number of hydrogen-bond acceptors (Lipinski definition) is 6. The van der Waals surface area contributed by atoms with Crippen LogP contribution in [0.3, 0.4) is 0 Å². The first-order chi connectivity index (χ1) is 19.0.